The molecule has 32 heavy (non-hydrogen) atoms. The van der Waals surface area contributed by atoms with E-state index < -0.39 is 18.5 Å². The van der Waals surface area contributed by atoms with E-state index >= 15 is 0 Å². The lowest BCUT2D eigenvalue weighted by atomic mass is 10.1. The first kappa shape index (κ1) is 20.1. The van der Waals surface area contributed by atoms with Gasteiger partial charge in [-0.3, -0.25) is 9.59 Å². The number of carbonyl (C=O) groups is 2. The van der Waals surface area contributed by atoms with Crippen molar-refractivity contribution in [3.63, 3.8) is 0 Å². The summed E-state index contributed by atoms with van der Waals surface area (Å²) >= 11 is 0. The van der Waals surface area contributed by atoms with Gasteiger partial charge < -0.3 is 19.2 Å². The molecule has 1 fully saturated rings. The van der Waals surface area contributed by atoms with E-state index in [1.54, 1.807) is 24.3 Å². The van der Waals surface area contributed by atoms with Crippen molar-refractivity contribution in [2.24, 2.45) is 5.92 Å². The molecule has 2 atom stereocenters. The SMILES string of the molecule is COc1cc2c(cc1NC(=O)COC(=O)C1CC1c1ccc(F)cc1)oc1ccccc12. The van der Waals surface area contributed by atoms with Crippen LogP contribution in [0.4, 0.5) is 10.1 Å². The van der Waals surface area contributed by atoms with Crippen molar-refractivity contribution in [3.05, 3.63) is 72.0 Å². The van der Waals surface area contributed by atoms with Gasteiger partial charge in [-0.05, 0) is 42.2 Å². The third-order valence-corrected chi connectivity index (χ3v) is 5.71. The summed E-state index contributed by atoms with van der Waals surface area (Å²) in [6.07, 6.45) is 0.628. The summed E-state index contributed by atoms with van der Waals surface area (Å²) in [6.45, 7) is -0.410. The number of para-hydroxylation sites is 1. The smallest absolute Gasteiger partial charge is 0.310 e. The lowest BCUT2D eigenvalue weighted by molar-refractivity contribution is -0.148. The van der Waals surface area contributed by atoms with Crippen molar-refractivity contribution >= 4 is 39.5 Å². The van der Waals surface area contributed by atoms with Crippen LogP contribution >= 0.6 is 0 Å². The van der Waals surface area contributed by atoms with Crippen molar-refractivity contribution in [1.29, 1.82) is 0 Å². The fourth-order valence-electron chi connectivity index (χ4n) is 3.98. The number of halogens is 1. The summed E-state index contributed by atoms with van der Waals surface area (Å²) in [5, 5.41) is 4.55. The highest BCUT2D eigenvalue weighted by Crippen LogP contribution is 2.48. The van der Waals surface area contributed by atoms with E-state index in [-0.39, 0.29) is 17.7 Å². The number of esters is 1. The summed E-state index contributed by atoms with van der Waals surface area (Å²) in [5.74, 6) is -1.07. The minimum absolute atomic E-state index is 0.00162. The second-order valence-corrected chi connectivity index (χ2v) is 7.80. The maximum Gasteiger partial charge on any atom is 0.310 e. The number of anilines is 1. The van der Waals surface area contributed by atoms with Crippen LogP contribution in [0.1, 0.15) is 17.9 Å². The molecule has 1 N–H and O–H groups in total. The Morgan fingerprint density at radius 3 is 2.62 bits per heavy atom. The largest absolute Gasteiger partial charge is 0.495 e. The van der Waals surface area contributed by atoms with Crippen LogP contribution in [-0.4, -0.2) is 25.6 Å². The Balaban J connectivity index is 1.23. The number of methoxy groups -OCH3 is 1. The fourth-order valence-corrected chi connectivity index (χ4v) is 3.98. The van der Waals surface area contributed by atoms with Crippen LogP contribution in [0.25, 0.3) is 21.9 Å². The van der Waals surface area contributed by atoms with E-state index in [1.807, 2.05) is 24.3 Å². The minimum Gasteiger partial charge on any atom is -0.495 e. The molecular formula is C25H20FNO5. The zero-order valence-corrected chi connectivity index (χ0v) is 17.3. The van der Waals surface area contributed by atoms with E-state index in [4.69, 9.17) is 13.9 Å². The summed E-state index contributed by atoms with van der Waals surface area (Å²) in [7, 11) is 1.52. The van der Waals surface area contributed by atoms with Crippen molar-refractivity contribution < 1.29 is 27.9 Å². The zero-order chi connectivity index (χ0) is 22.2. The van der Waals surface area contributed by atoms with Gasteiger partial charge in [-0.15, -0.1) is 0 Å². The van der Waals surface area contributed by atoms with Crippen molar-refractivity contribution in [3.8, 4) is 5.75 Å². The summed E-state index contributed by atoms with van der Waals surface area (Å²) in [6, 6.07) is 17.2. The first-order chi connectivity index (χ1) is 15.5. The molecule has 162 valence electrons. The molecular weight excluding hydrogens is 413 g/mol. The third kappa shape index (κ3) is 3.77. The van der Waals surface area contributed by atoms with Gasteiger partial charge >= 0.3 is 5.97 Å². The second kappa shape index (κ2) is 8.00. The van der Waals surface area contributed by atoms with Crippen LogP contribution in [0.5, 0.6) is 5.75 Å². The van der Waals surface area contributed by atoms with Crippen molar-refractivity contribution in [2.45, 2.75) is 12.3 Å². The molecule has 1 aromatic heterocycles. The van der Waals surface area contributed by atoms with Gasteiger partial charge in [0.05, 0.1) is 18.7 Å². The summed E-state index contributed by atoms with van der Waals surface area (Å²) < 4.78 is 29.5. The molecule has 3 aromatic carbocycles. The van der Waals surface area contributed by atoms with Crippen LogP contribution in [-0.2, 0) is 14.3 Å². The average molecular weight is 433 g/mol. The Kier molecular flexibility index (Phi) is 5.01. The van der Waals surface area contributed by atoms with Crippen LogP contribution in [0.3, 0.4) is 0 Å². The molecule has 1 amide bonds. The number of nitrogens with one attached hydrogen (secondary N) is 1. The maximum atomic E-state index is 13.1. The Bertz CT molecular complexity index is 1330. The molecule has 0 spiro atoms. The number of amides is 1. The quantitative estimate of drug-likeness (QED) is 0.432. The van der Waals surface area contributed by atoms with Gasteiger partial charge in [0.15, 0.2) is 6.61 Å². The molecule has 5 rings (SSSR count). The van der Waals surface area contributed by atoms with Gasteiger partial charge in [0.1, 0.15) is 22.7 Å². The van der Waals surface area contributed by atoms with Crippen LogP contribution in [0.15, 0.2) is 65.1 Å². The molecule has 1 aliphatic rings. The number of hydrogen-bond donors (Lipinski definition) is 1. The van der Waals surface area contributed by atoms with Crippen LogP contribution in [0, 0.1) is 11.7 Å². The molecule has 1 heterocycles. The van der Waals surface area contributed by atoms with E-state index in [0.717, 1.165) is 21.9 Å². The first-order valence-corrected chi connectivity index (χ1v) is 10.2. The lowest BCUT2D eigenvalue weighted by Gasteiger charge is -2.11. The predicted molar refractivity (Wildman–Crippen MR) is 117 cm³/mol. The number of ether oxygens (including phenoxy) is 2. The van der Waals surface area contributed by atoms with Gasteiger partial charge in [0.2, 0.25) is 0 Å². The van der Waals surface area contributed by atoms with E-state index in [1.165, 1.54) is 19.2 Å². The third-order valence-electron chi connectivity index (χ3n) is 5.71. The van der Waals surface area contributed by atoms with Gasteiger partial charge in [-0.1, -0.05) is 30.3 Å². The van der Waals surface area contributed by atoms with E-state index in [9.17, 15) is 14.0 Å². The molecule has 2 unspecified atom stereocenters. The van der Waals surface area contributed by atoms with E-state index in [2.05, 4.69) is 5.32 Å². The fraction of sp³-hybridized carbons (Fsp3) is 0.200. The molecule has 7 heteroatoms. The van der Waals surface area contributed by atoms with E-state index in [0.29, 0.717) is 23.4 Å². The van der Waals surface area contributed by atoms with Gasteiger partial charge in [0, 0.05) is 16.8 Å². The number of rotatable bonds is 6. The highest BCUT2D eigenvalue weighted by molar-refractivity contribution is 6.07. The molecule has 0 saturated heterocycles. The molecule has 0 aliphatic heterocycles. The van der Waals surface area contributed by atoms with Crippen LogP contribution < -0.4 is 10.1 Å². The van der Waals surface area contributed by atoms with Crippen molar-refractivity contribution in [1.82, 2.24) is 0 Å². The number of carbonyl (C=O) groups excluding carboxylic acids is 2. The first-order valence-electron chi connectivity index (χ1n) is 10.2. The predicted octanol–water partition coefficient (Wildman–Crippen LogP) is 5.02. The van der Waals surface area contributed by atoms with Crippen molar-refractivity contribution in [2.75, 3.05) is 19.0 Å². The number of furan rings is 1. The lowest BCUT2D eigenvalue weighted by Crippen LogP contribution is -2.22. The second-order valence-electron chi connectivity index (χ2n) is 7.80. The Hall–Kier alpha value is -3.87. The zero-order valence-electron chi connectivity index (χ0n) is 17.3. The molecule has 1 aliphatic carbocycles. The molecule has 6 nitrogen and oxygen atoms in total. The number of hydrogen-bond acceptors (Lipinski definition) is 5. The molecule has 4 aromatic rings. The molecule has 1 saturated carbocycles. The normalized spacial score (nSPS) is 17.3. The highest BCUT2D eigenvalue weighted by Gasteiger charge is 2.45. The Morgan fingerprint density at radius 2 is 1.84 bits per heavy atom. The Labute approximate surface area is 182 Å². The van der Waals surface area contributed by atoms with Gasteiger partial charge in [-0.2, -0.15) is 0 Å². The van der Waals surface area contributed by atoms with Gasteiger partial charge in [0.25, 0.3) is 5.91 Å². The number of fused-ring (bicyclic) bond motifs is 3. The minimum atomic E-state index is -0.480. The molecule has 0 bridgehead atoms. The topological polar surface area (TPSA) is 77.8 Å². The highest BCUT2D eigenvalue weighted by atomic mass is 19.1. The van der Waals surface area contributed by atoms with Crippen LogP contribution in [0.2, 0.25) is 0 Å². The molecule has 0 radical (unpaired) electrons. The monoisotopic (exact) mass is 433 g/mol. The average Bonchev–Trinajstić information content (AvgIpc) is 3.52. The number of benzene rings is 3. The maximum absolute atomic E-state index is 13.1. The summed E-state index contributed by atoms with van der Waals surface area (Å²) in [5.41, 5.74) is 2.67. The standard InChI is InChI=1S/C25H20FNO5/c1-30-23-11-18-16-4-2-3-5-21(16)32-22(18)12-20(23)27-24(28)13-31-25(29)19-10-17(19)14-6-8-15(26)9-7-14/h2-9,11-12,17,19H,10,13H2,1H3,(H,27,28). The Morgan fingerprint density at radius 1 is 1.06 bits per heavy atom. The van der Waals surface area contributed by atoms with Gasteiger partial charge in [-0.25, -0.2) is 4.39 Å². The summed E-state index contributed by atoms with van der Waals surface area (Å²) in [4.78, 5) is 24.7.